The van der Waals surface area contributed by atoms with Crippen molar-refractivity contribution in [1.29, 1.82) is 0 Å². The fraction of sp³-hybridized carbons (Fsp3) is 0.882. The molecule has 1 aliphatic carbocycles. The Labute approximate surface area is 128 Å². The third-order valence-electron chi connectivity index (χ3n) is 5.32. The lowest BCUT2D eigenvalue weighted by molar-refractivity contribution is -0.150. The number of hydrogen-bond acceptors (Lipinski definition) is 3. The summed E-state index contributed by atoms with van der Waals surface area (Å²) in [6.07, 6.45) is 3.73. The molecule has 120 valence electrons. The molecule has 1 saturated heterocycles. The summed E-state index contributed by atoms with van der Waals surface area (Å²) in [5.41, 5.74) is 0. The summed E-state index contributed by atoms with van der Waals surface area (Å²) >= 11 is 0. The van der Waals surface area contributed by atoms with Crippen LogP contribution in [-0.2, 0) is 14.3 Å². The lowest BCUT2D eigenvalue weighted by Gasteiger charge is -2.40. The minimum absolute atomic E-state index is 0.156. The van der Waals surface area contributed by atoms with E-state index < -0.39 is 0 Å². The van der Waals surface area contributed by atoms with E-state index in [0.29, 0.717) is 23.9 Å². The van der Waals surface area contributed by atoms with Crippen LogP contribution in [0.1, 0.15) is 53.4 Å². The van der Waals surface area contributed by atoms with Crippen molar-refractivity contribution in [2.75, 3.05) is 7.11 Å². The molecule has 2 bridgehead atoms. The van der Waals surface area contributed by atoms with Crippen LogP contribution >= 0.6 is 0 Å². The Kier molecular flexibility index (Phi) is 4.95. The smallest absolute Gasteiger partial charge is 0.306 e. The number of esters is 1. The highest BCUT2D eigenvalue weighted by molar-refractivity contribution is 5.85. The van der Waals surface area contributed by atoms with E-state index in [2.05, 4.69) is 18.7 Å². The molecule has 1 amide bonds. The van der Waals surface area contributed by atoms with Crippen molar-refractivity contribution < 1.29 is 14.3 Å². The van der Waals surface area contributed by atoms with E-state index in [9.17, 15) is 9.59 Å². The first-order valence-corrected chi connectivity index (χ1v) is 8.25. The van der Waals surface area contributed by atoms with Crippen LogP contribution in [0.25, 0.3) is 0 Å². The van der Waals surface area contributed by atoms with Crippen LogP contribution in [0, 0.1) is 23.7 Å². The largest absolute Gasteiger partial charge is 0.469 e. The van der Waals surface area contributed by atoms with Crippen LogP contribution in [0.3, 0.4) is 0 Å². The predicted octanol–water partition coefficient (Wildman–Crippen LogP) is 2.86. The quantitative estimate of drug-likeness (QED) is 0.733. The van der Waals surface area contributed by atoms with E-state index in [1.165, 1.54) is 13.5 Å². The molecule has 4 nitrogen and oxygen atoms in total. The lowest BCUT2D eigenvalue weighted by atomic mass is 9.86. The van der Waals surface area contributed by atoms with Gasteiger partial charge in [-0.25, -0.2) is 0 Å². The predicted molar refractivity (Wildman–Crippen MR) is 81.6 cm³/mol. The van der Waals surface area contributed by atoms with Gasteiger partial charge in [-0.2, -0.15) is 0 Å². The van der Waals surface area contributed by atoms with Crippen LogP contribution < -0.4 is 0 Å². The van der Waals surface area contributed by atoms with Gasteiger partial charge in [-0.3, -0.25) is 9.59 Å². The fourth-order valence-corrected chi connectivity index (χ4v) is 4.28. The molecule has 1 aliphatic heterocycles. The maximum atomic E-state index is 13.1. The van der Waals surface area contributed by atoms with E-state index in [-0.39, 0.29) is 30.1 Å². The van der Waals surface area contributed by atoms with Crippen LogP contribution in [0.15, 0.2) is 0 Å². The van der Waals surface area contributed by atoms with Crippen molar-refractivity contribution in [1.82, 2.24) is 4.90 Å². The highest BCUT2D eigenvalue weighted by Gasteiger charge is 2.50. The first-order valence-electron chi connectivity index (χ1n) is 8.25. The Morgan fingerprint density at radius 3 is 2.38 bits per heavy atom. The van der Waals surface area contributed by atoms with Gasteiger partial charge in [0, 0.05) is 12.1 Å². The van der Waals surface area contributed by atoms with Gasteiger partial charge in [0.2, 0.25) is 5.91 Å². The van der Waals surface area contributed by atoms with Crippen molar-refractivity contribution in [3.8, 4) is 0 Å². The summed E-state index contributed by atoms with van der Waals surface area (Å²) in [6.45, 7) is 8.45. The molecule has 0 radical (unpaired) electrons. The zero-order valence-electron chi connectivity index (χ0n) is 14.0. The number of ether oxygens (including phenoxy) is 1. The van der Waals surface area contributed by atoms with E-state index in [4.69, 9.17) is 4.74 Å². The monoisotopic (exact) mass is 295 g/mol. The molecule has 4 heteroatoms. The molecule has 2 fully saturated rings. The molecule has 0 aromatic rings. The Balaban J connectivity index is 2.17. The van der Waals surface area contributed by atoms with Crippen molar-refractivity contribution in [3.63, 3.8) is 0 Å². The number of likely N-dealkylation sites (tertiary alicyclic amines) is 1. The summed E-state index contributed by atoms with van der Waals surface area (Å²) in [6, 6.07) is 0.754. The number of piperidine rings is 1. The minimum Gasteiger partial charge on any atom is -0.469 e. The van der Waals surface area contributed by atoms with E-state index in [1.807, 2.05) is 13.8 Å². The Morgan fingerprint density at radius 2 is 1.86 bits per heavy atom. The van der Waals surface area contributed by atoms with Gasteiger partial charge >= 0.3 is 5.97 Å². The highest BCUT2D eigenvalue weighted by atomic mass is 16.5. The molecule has 1 saturated carbocycles. The number of nitrogens with zero attached hydrogens (tertiary/aromatic N) is 1. The molecule has 2 aliphatic rings. The zero-order chi connectivity index (χ0) is 15.7. The van der Waals surface area contributed by atoms with Crippen LogP contribution in [0.4, 0.5) is 0 Å². The second kappa shape index (κ2) is 6.37. The molecule has 0 spiro atoms. The first-order chi connectivity index (χ1) is 9.86. The lowest BCUT2D eigenvalue weighted by Crippen LogP contribution is -2.50. The van der Waals surface area contributed by atoms with Crippen molar-refractivity contribution in [2.45, 2.75) is 65.5 Å². The number of amides is 1. The molecule has 2 rings (SSSR count). The number of carbonyl (C=O) groups excluding carboxylic acids is 2. The average molecular weight is 295 g/mol. The SMILES string of the molecule is COC(=O)C[C@H](C(=O)N1C2CCC(C2)[C@H]1C(C)C)C(C)C. The molecule has 0 aromatic heterocycles. The summed E-state index contributed by atoms with van der Waals surface area (Å²) in [4.78, 5) is 26.8. The number of fused-ring (bicyclic) bond motifs is 2. The second-order valence-electron chi connectivity index (χ2n) is 7.34. The second-order valence-corrected chi connectivity index (χ2v) is 7.34. The molecule has 1 heterocycles. The minimum atomic E-state index is -0.285. The maximum Gasteiger partial charge on any atom is 0.306 e. The molecule has 0 aromatic carbocycles. The van der Waals surface area contributed by atoms with Gasteiger partial charge in [0.15, 0.2) is 0 Å². The molecular weight excluding hydrogens is 266 g/mol. The third-order valence-corrected chi connectivity index (χ3v) is 5.32. The van der Waals surface area contributed by atoms with Gasteiger partial charge in [0.1, 0.15) is 0 Å². The van der Waals surface area contributed by atoms with Gasteiger partial charge in [0.05, 0.1) is 19.4 Å². The normalized spacial score (nSPS) is 29.3. The molecular formula is C17H29NO3. The number of rotatable bonds is 5. The molecule has 21 heavy (non-hydrogen) atoms. The maximum absolute atomic E-state index is 13.1. The summed E-state index contributed by atoms with van der Waals surface area (Å²) in [7, 11) is 1.39. The summed E-state index contributed by atoms with van der Waals surface area (Å²) in [5.74, 6) is 0.926. The standard InChI is InChI=1S/C17H29NO3/c1-10(2)14(9-15(19)21-5)17(20)18-13-7-6-12(8-13)16(18)11(3)4/h10-14,16H,6-9H2,1-5H3/t12?,13?,14-,16+/m0/s1. The van der Waals surface area contributed by atoms with Crippen molar-refractivity contribution in [3.05, 3.63) is 0 Å². The third kappa shape index (κ3) is 3.09. The number of hydrogen-bond donors (Lipinski definition) is 0. The Morgan fingerprint density at radius 1 is 1.19 bits per heavy atom. The van der Waals surface area contributed by atoms with Gasteiger partial charge in [0.25, 0.3) is 0 Å². The number of carbonyl (C=O) groups is 2. The first kappa shape index (κ1) is 16.3. The van der Waals surface area contributed by atoms with E-state index in [0.717, 1.165) is 12.8 Å². The average Bonchev–Trinajstić information content (AvgIpc) is 3.03. The van der Waals surface area contributed by atoms with Gasteiger partial charge in [-0.1, -0.05) is 27.7 Å². The number of methoxy groups -OCH3 is 1. The molecule has 0 N–H and O–H groups in total. The van der Waals surface area contributed by atoms with Gasteiger partial charge in [-0.15, -0.1) is 0 Å². The Hall–Kier alpha value is -1.06. The van der Waals surface area contributed by atoms with Gasteiger partial charge in [-0.05, 0) is 37.0 Å². The topological polar surface area (TPSA) is 46.6 Å². The van der Waals surface area contributed by atoms with E-state index >= 15 is 0 Å². The fourth-order valence-electron chi connectivity index (χ4n) is 4.28. The van der Waals surface area contributed by atoms with Crippen LogP contribution in [0.2, 0.25) is 0 Å². The van der Waals surface area contributed by atoms with Crippen LogP contribution in [-0.4, -0.2) is 36.0 Å². The van der Waals surface area contributed by atoms with Gasteiger partial charge < -0.3 is 9.64 Å². The Bertz CT molecular complexity index is 405. The summed E-state index contributed by atoms with van der Waals surface area (Å²) in [5, 5.41) is 0. The van der Waals surface area contributed by atoms with Crippen molar-refractivity contribution >= 4 is 11.9 Å². The summed E-state index contributed by atoms with van der Waals surface area (Å²) < 4.78 is 4.77. The van der Waals surface area contributed by atoms with Crippen molar-refractivity contribution in [2.24, 2.45) is 23.7 Å². The zero-order valence-corrected chi connectivity index (χ0v) is 14.0. The highest BCUT2D eigenvalue weighted by Crippen LogP contribution is 2.46. The molecule has 4 atom stereocenters. The van der Waals surface area contributed by atoms with E-state index in [1.54, 1.807) is 0 Å². The molecule has 2 unspecified atom stereocenters. The van der Waals surface area contributed by atoms with Crippen LogP contribution in [0.5, 0.6) is 0 Å².